The van der Waals surface area contributed by atoms with Crippen LogP contribution in [0.3, 0.4) is 0 Å². The van der Waals surface area contributed by atoms with Crippen molar-refractivity contribution in [2.24, 2.45) is 0 Å². The van der Waals surface area contributed by atoms with Gasteiger partial charge in [0.2, 0.25) is 0 Å². The molecule has 3 rings (SSSR count). The molecule has 88 valence electrons. The third-order valence-corrected chi connectivity index (χ3v) is 3.20. The first kappa shape index (κ1) is 11.0. The molecule has 2 heterocycles. The molecule has 0 aliphatic heterocycles. The predicted octanol–water partition coefficient (Wildman–Crippen LogP) is 2.55. The van der Waals surface area contributed by atoms with E-state index in [1.807, 2.05) is 30.3 Å². The Hall–Kier alpha value is -2.14. The number of nitrogens with one attached hydrogen (secondary N) is 1. The number of H-pyrrole nitrogens is 1. The van der Waals surface area contributed by atoms with Crippen LogP contribution in [0.15, 0.2) is 42.7 Å². The van der Waals surface area contributed by atoms with Crippen LogP contribution in [-0.2, 0) is 21.6 Å². The summed E-state index contributed by atoms with van der Waals surface area (Å²) >= 11 is 0.582. The molecular weight excluding hydrogens is 246 g/mol. The standard InChI is InChI=1S/C13H10N3OS/c17-18-8-9-1-3-10(4-2-9)11-7-12-13(16-11)15-6-5-14-12/h1-7H,8H2,(H,15,16)/q+1. The molecule has 0 aliphatic carbocycles. The molecule has 2 aromatic heterocycles. The second kappa shape index (κ2) is 4.62. The highest BCUT2D eigenvalue weighted by Gasteiger charge is 2.06. The topological polar surface area (TPSA) is 58.6 Å². The Morgan fingerprint density at radius 3 is 2.61 bits per heavy atom. The highest BCUT2D eigenvalue weighted by atomic mass is 32.1. The first-order chi connectivity index (χ1) is 8.86. The van der Waals surface area contributed by atoms with E-state index in [0.29, 0.717) is 17.4 Å². The second-order valence-electron chi connectivity index (χ2n) is 3.93. The third-order valence-electron chi connectivity index (χ3n) is 2.75. The first-order valence-corrected chi connectivity index (χ1v) is 6.42. The van der Waals surface area contributed by atoms with Crippen molar-refractivity contribution in [3.05, 3.63) is 48.3 Å². The van der Waals surface area contributed by atoms with E-state index in [-0.39, 0.29) is 0 Å². The third kappa shape index (κ3) is 2.00. The monoisotopic (exact) mass is 256 g/mol. The predicted molar refractivity (Wildman–Crippen MR) is 71.1 cm³/mol. The van der Waals surface area contributed by atoms with E-state index < -0.39 is 0 Å². The summed E-state index contributed by atoms with van der Waals surface area (Å²) < 4.78 is 10.5. The lowest BCUT2D eigenvalue weighted by Gasteiger charge is -1.97. The van der Waals surface area contributed by atoms with Crippen LogP contribution in [0.5, 0.6) is 0 Å². The fourth-order valence-electron chi connectivity index (χ4n) is 1.86. The van der Waals surface area contributed by atoms with Crippen LogP contribution in [-0.4, -0.2) is 15.0 Å². The van der Waals surface area contributed by atoms with Gasteiger partial charge in [-0.1, -0.05) is 24.3 Å². The van der Waals surface area contributed by atoms with Gasteiger partial charge in [0, 0.05) is 27.9 Å². The number of hydrogen-bond donors (Lipinski definition) is 1. The van der Waals surface area contributed by atoms with E-state index in [9.17, 15) is 4.21 Å². The van der Waals surface area contributed by atoms with E-state index in [1.165, 1.54) is 0 Å². The van der Waals surface area contributed by atoms with Crippen molar-refractivity contribution in [1.82, 2.24) is 15.0 Å². The molecule has 0 saturated heterocycles. The van der Waals surface area contributed by atoms with Gasteiger partial charge in [0.25, 0.3) is 5.75 Å². The molecular formula is C13H10N3OS+. The van der Waals surface area contributed by atoms with Crippen molar-refractivity contribution in [2.45, 2.75) is 5.75 Å². The van der Waals surface area contributed by atoms with Gasteiger partial charge in [-0.05, 0) is 11.6 Å². The zero-order chi connectivity index (χ0) is 12.4. The smallest absolute Gasteiger partial charge is 0.338 e. The highest BCUT2D eigenvalue weighted by Crippen LogP contribution is 2.22. The lowest BCUT2D eigenvalue weighted by Crippen LogP contribution is -1.83. The average molecular weight is 256 g/mol. The Balaban J connectivity index is 2.00. The molecule has 0 radical (unpaired) electrons. The average Bonchev–Trinajstić information content (AvgIpc) is 2.84. The molecule has 0 aliphatic rings. The zero-order valence-corrected chi connectivity index (χ0v) is 10.3. The van der Waals surface area contributed by atoms with E-state index >= 15 is 0 Å². The molecule has 0 bridgehead atoms. The van der Waals surface area contributed by atoms with E-state index in [0.717, 1.165) is 28.0 Å². The fourth-order valence-corrected chi connectivity index (χ4v) is 2.18. The minimum Gasteiger partial charge on any atom is -0.338 e. The van der Waals surface area contributed by atoms with Gasteiger partial charge in [0.1, 0.15) is 5.52 Å². The number of rotatable bonds is 3. The number of nitrogens with zero attached hydrogens (tertiary/aromatic N) is 2. The molecule has 3 aromatic rings. The summed E-state index contributed by atoms with van der Waals surface area (Å²) in [4.78, 5) is 11.7. The molecule has 1 aromatic carbocycles. The van der Waals surface area contributed by atoms with Gasteiger partial charge < -0.3 is 4.98 Å². The fraction of sp³-hybridized carbons (Fsp3) is 0.0769. The van der Waals surface area contributed by atoms with Crippen LogP contribution in [0.1, 0.15) is 5.56 Å². The summed E-state index contributed by atoms with van der Waals surface area (Å²) in [6.07, 6.45) is 3.34. The molecule has 0 atom stereocenters. The molecule has 0 unspecified atom stereocenters. The molecule has 0 fully saturated rings. The molecule has 18 heavy (non-hydrogen) atoms. The minimum atomic E-state index is 0.496. The van der Waals surface area contributed by atoms with Crippen LogP contribution in [0.2, 0.25) is 0 Å². The van der Waals surface area contributed by atoms with Crippen LogP contribution in [0, 0.1) is 0 Å². The SMILES string of the molecule is O=[S+]Cc1ccc(-c2cc3nccnc3[nH]2)cc1. The summed E-state index contributed by atoms with van der Waals surface area (Å²) in [6, 6.07) is 9.89. The van der Waals surface area contributed by atoms with Gasteiger partial charge >= 0.3 is 11.7 Å². The molecule has 1 N–H and O–H groups in total. The highest BCUT2D eigenvalue weighted by molar-refractivity contribution is 7.64. The van der Waals surface area contributed by atoms with Crippen molar-refractivity contribution in [3.8, 4) is 11.3 Å². The maximum atomic E-state index is 10.5. The maximum absolute atomic E-state index is 10.5. The molecule has 4 nitrogen and oxygen atoms in total. The van der Waals surface area contributed by atoms with E-state index in [1.54, 1.807) is 12.4 Å². The van der Waals surface area contributed by atoms with Gasteiger partial charge in [0.15, 0.2) is 5.65 Å². The van der Waals surface area contributed by atoms with Crippen molar-refractivity contribution in [3.63, 3.8) is 0 Å². The van der Waals surface area contributed by atoms with E-state index in [4.69, 9.17) is 0 Å². The number of fused-ring (bicyclic) bond motifs is 1. The Morgan fingerprint density at radius 1 is 1.11 bits per heavy atom. The number of aromatic nitrogens is 3. The lowest BCUT2D eigenvalue weighted by atomic mass is 10.1. The zero-order valence-electron chi connectivity index (χ0n) is 9.46. The number of hydrogen-bond acceptors (Lipinski definition) is 3. The van der Waals surface area contributed by atoms with E-state index in [2.05, 4.69) is 15.0 Å². The molecule has 0 amide bonds. The summed E-state index contributed by atoms with van der Waals surface area (Å²) in [6.45, 7) is 0. The Morgan fingerprint density at radius 2 is 1.89 bits per heavy atom. The van der Waals surface area contributed by atoms with Crippen LogP contribution in [0.4, 0.5) is 0 Å². The summed E-state index contributed by atoms with van der Waals surface area (Å²) in [5, 5.41) is 0. The Labute approximate surface area is 108 Å². The second-order valence-corrected chi connectivity index (χ2v) is 4.46. The first-order valence-electron chi connectivity index (χ1n) is 5.50. The Bertz CT molecular complexity index is 658. The number of benzene rings is 1. The van der Waals surface area contributed by atoms with Gasteiger partial charge in [-0.3, -0.25) is 4.98 Å². The molecule has 5 heteroatoms. The quantitative estimate of drug-likeness (QED) is 0.733. The summed E-state index contributed by atoms with van der Waals surface area (Å²) in [7, 11) is 0. The largest absolute Gasteiger partial charge is 0.463 e. The van der Waals surface area contributed by atoms with Gasteiger partial charge in [-0.15, -0.1) is 0 Å². The van der Waals surface area contributed by atoms with Crippen LogP contribution >= 0.6 is 0 Å². The Kier molecular flexibility index (Phi) is 2.82. The van der Waals surface area contributed by atoms with Gasteiger partial charge in [-0.2, -0.15) is 0 Å². The minimum absolute atomic E-state index is 0.496. The van der Waals surface area contributed by atoms with Crippen molar-refractivity contribution >= 4 is 22.8 Å². The lowest BCUT2D eigenvalue weighted by molar-refractivity contribution is 0.604. The van der Waals surface area contributed by atoms with Crippen LogP contribution in [0.25, 0.3) is 22.4 Å². The van der Waals surface area contributed by atoms with Gasteiger partial charge in [-0.25, -0.2) is 4.98 Å². The van der Waals surface area contributed by atoms with Crippen molar-refractivity contribution in [2.75, 3.05) is 0 Å². The molecule has 0 spiro atoms. The number of aromatic amines is 1. The van der Waals surface area contributed by atoms with Crippen LogP contribution < -0.4 is 0 Å². The molecule has 0 saturated carbocycles. The summed E-state index contributed by atoms with van der Waals surface area (Å²) in [5.41, 5.74) is 4.72. The van der Waals surface area contributed by atoms with Gasteiger partial charge in [0.05, 0.1) is 0 Å². The van der Waals surface area contributed by atoms with Crippen molar-refractivity contribution < 1.29 is 4.21 Å². The normalized spacial score (nSPS) is 10.7. The maximum Gasteiger partial charge on any atom is 0.463 e. The van der Waals surface area contributed by atoms with Crippen molar-refractivity contribution in [1.29, 1.82) is 0 Å². The summed E-state index contributed by atoms with van der Waals surface area (Å²) in [5.74, 6) is 0.496.